The largest absolute Gasteiger partial charge is 0.480 e. The number of alkyl halides is 2. The Labute approximate surface area is 130 Å². The molecule has 1 saturated carbocycles. The van der Waals surface area contributed by atoms with Gasteiger partial charge in [0.1, 0.15) is 16.1 Å². The van der Waals surface area contributed by atoms with Crippen molar-refractivity contribution in [1.82, 2.24) is 4.72 Å². The maximum atomic E-state index is 12.3. The molecule has 10 heteroatoms. The normalized spacial score (nSPS) is 16.5. The molecular weight excluding hydrogens is 336 g/mol. The van der Waals surface area contributed by atoms with Crippen molar-refractivity contribution < 1.29 is 36.6 Å². The summed E-state index contributed by atoms with van der Waals surface area (Å²) in [5.74, 6) is -3.25. The van der Waals surface area contributed by atoms with Gasteiger partial charge in [-0.3, -0.25) is 9.59 Å². The Hall–Kier alpha value is -2.23. The second-order valence-electron chi connectivity index (χ2n) is 5.00. The summed E-state index contributed by atoms with van der Waals surface area (Å²) in [6.07, 6.45) is 0.503. The second kappa shape index (κ2) is 6.11. The van der Waals surface area contributed by atoms with Crippen LogP contribution in [0.3, 0.4) is 0 Å². The van der Waals surface area contributed by atoms with Crippen molar-refractivity contribution in [3.63, 3.8) is 0 Å². The van der Waals surface area contributed by atoms with E-state index in [9.17, 15) is 26.8 Å². The van der Waals surface area contributed by atoms with Gasteiger partial charge in [-0.25, -0.2) is 13.1 Å². The number of carboxylic acids is 1. The minimum atomic E-state index is -4.55. The first-order valence-corrected chi connectivity index (χ1v) is 8.02. The number of carboxylic acid groups (broad SMARTS) is 1. The molecule has 1 fully saturated rings. The predicted molar refractivity (Wildman–Crippen MR) is 72.3 cm³/mol. The maximum Gasteiger partial charge on any atom is 0.387 e. The quantitative estimate of drug-likeness (QED) is 0.750. The Bertz CT molecular complexity index is 730. The molecule has 0 spiro atoms. The van der Waals surface area contributed by atoms with Gasteiger partial charge in [-0.15, -0.1) is 0 Å². The molecule has 23 heavy (non-hydrogen) atoms. The van der Waals surface area contributed by atoms with E-state index >= 15 is 0 Å². The summed E-state index contributed by atoms with van der Waals surface area (Å²) >= 11 is 0. The Morgan fingerprint density at radius 1 is 1.26 bits per heavy atom. The first-order chi connectivity index (χ1) is 10.7. The summed E-state index contributed by atoms with van der Waals surface area (Å²) in [5.41, 5.74) is -1.80. The summed E-state index contributed by atoms with van der Waals surface area (Å²) in [6.45, 7) is -3.25. The lowest BCUT2D eigenvalue weighted by atomic mass is 9.68. The lowest BCUT2D eigenvalue weighted by molar-refractivity contribution is -0.161. The Morgan fingerprint density at radius 3 is 2.35 bits per heavy atom. The summed E-state index contributed by atoms with van der Waals surface area (Å²) in [6, 6.07) is 4.51. The molecule has 0 bridgehead atoms. The number of aliphatic carboxylic acids is 1. The van der Waals surface area contributed by atoms with Crippen LogP contribution < -0.4 is 9.46 Å². The average molecular weight is 349 g/mol. The van der Waals surface area contributed by atoms with Gasteiger partial charge >= 0.3 is 12.6 Å². The molecular formula is C13H13F2NO6S. The number of para-hydroxylation sites is 1. The van der Waals surface area contributed by atoms with E-state index in [4.69, 9.17) is 5.11 Å². The highest BCUT2D eigenvalue weighted by atomic mass is 32.2. The summed E-state index contributed by atoms with van der Waals surface area (Å²) in [5, 5.41) is 9.12. The number of amides is 1. The molecule has 1 aromatic carbocycles. The van der Waals surface area contributed by atoms with Gasteiger partial charge in [0.05, 0.1) is 0 Å². The van der Waals surface area contributed by atoms with Crippen LogP contribution >= 0.6 is 0 Å². The van der Waals surface area contributed by atoms with Gasteiger partial charge in [-0.05, 0) is 25.0 Å². The molecule has 1 aliphatic carbocycles. The molecule has 0 heterocycles. The molecule has 2 rings (SSSR count). The molecule has 0 radical (unpaired) electrons. The van der Waals surface area contributed by atoms with E-state index in [-0.39, 0.29) is 12.8 Å². The highest BCUT2D eigenvalue weighted by molar-refractivity contribution is 7.90. The van der Waals surface area contributed by atoms with Crippen LogP contribution in [0.25, 0.3) is 0 Å². The fourth-order valence-corrected chi connectivity index (χ4v) is 3.40. The molecule has 0 saturated heterocycles. The highest BCUT2D eigenvalue weighted by Gasteiger charge is 2.52. The van der Waals surface area contributed by atoms with Gasteiger partial charge in [0.15, 0.2) is 0 Å². The van der Waals surface area contributed by atoms with Crippen LogP contribution in [-0.2, 0) is 19.6 Å². The standard InChI is InChI=1S/C13H13F2NO6S/c14-12(15)22-8-4-1-2-5-9(8)23(20,21)16-10(17)13(11(18)19)6-3-7-13/h1-2,4-5,12H,3,6-7H2,(H,16,17)(H,18,19). The van der Waals surface area contributed by atoms with Gasteiger partial charge in [0.25, 0.3) is 15.9 Å². The summed E-state index contributed by atoms with van der Waals surface area (Å²) in [4.78, 5) is 22.6. The number of ether oxygens (including phenoxy) is 1. The lowest BCUT2D eigenvalue weighted by Crippen LogP contribution is -2.52. The zero-order valence-electron chi connectivity index (χ0n) is 11.7. The number of hydrogen-bond donors (Lipinski definition) is 2. The first kappa shape index (κ1) is 17.1. The molecule has 1 aromatic rings. The molecule has 7 nitrogen and oxygen atoms in total. The van der Waals surface area contributed by atoms with Crippen LogP contribution in [0.5, 0.6) is 5.75 Å². The van der Waals surface area contributed by atoms with Crippen LogP contribution in [0.2, 0.25) is 0 Å². The number of hydrogen-bond acceptors (Lipinski definition) is 5. The number of carbonyl (C=O) groups excluding carboxylic acids is 1. The van der Waals surface area contributed by atoms with Crippen molar-refractivity contribution in [3.8, 4) is 5.75 Å². The number of nitrogens with one attached hydrogen (secondary N) is 1. The van der Waals surface area contributed by atoms with Gasteiger partial charge < -0.3 is 9.84 Å². The lowest BCUT2D eigenvalue weighted by Gasteiger charge is -2.35. The Kier molecular flexibility index (Phi) is 4.55. The minimum absolute atomic E-state index is 0.0128. The fraction of sp³-hybridized carbons (Fsp3) is 0.385. The fourth-order valence-electron chi connectivity index (χ4n) is 2.21. The number of carbonyl (C=O) groups is 2. The van der Waals surface area contributed by atoms with Crippen LogP contribution in [-0.4, -0.2) is 32.0 Å². The van der Waals surface area contributed by atoms with Crippen LogP contribution in [0.15, 0.2) is 29.2 Å². The maximum absolute atomic E-state index is 12.3. The monoisotopic (exact) mass is 349 g/mol. The highest BCUT2D eigenvalue weighted by Crippen LogP contribution is 2.41. The molecule has 1 amide bonds. The van der Waals surface area contributed by atoms with Crippen molar-refractivity contribution in [3.05, 3.63) is 24.3 Å². The second-order valence-corrected chi connectivity index (χ2v) is 6.65. The number of halogens is 2. The van der Waals surface area contributed by atoms with E-state index in [0.29, 0.717) is 6.42 Å². The van der Waals surface area contributed by atoms with Crippen molar-refractivity contribution in [2.45, 2.75) is 30.8 Å². The Morgan fingerprint density at radius 2 is 1.87 bits per heavy atom. The SMILES string of the molecule is O=C(O)C1(C(=O)NS(=O)(=O)c2ccccc2OC(F)F)CCC1. The average Bonchev–Trinajstić information content (AvgIpc) is 2.35. The van der Waals surface area contributed by atoms with E-state index in [1.807, 2.05) is 0 Å². The van der Waals surface area contributed by atoms with E-state index in [1.54, 1.807) is 4.72 Å². The smallest absolute Gasteiger partial charge is 0.387 e. The third-order valence-corrected chi connectivity index (χ3v) is 5.00. The van der Waals surface area contributed by atoms with Crippen molar-refractivity contribution in [2.24, 2.45) is 5.41 Å². The van der Waals surface area contributed by atoms with Gasteiger partial charge in [0, 0.05) is 0 Å². The third-order valence-electron chi connectivity index (χ3n) is 3.63. The van der Waals surface area contributed by atoms with Gasteiger partial charge in [0.2, 0.25) is 0 Å². The van der Waals surface area contributed by atoms with Gasteiger partial charge in [-0.2, -0.15) is 8.78 Å². The van der Waals surface area contributed by atoms with E-state index in [2.05, 4.69) is 4.74 Å². The van der Waals surface area contributed by atoms with Crippen molar-refractivity contribution >= 4 is 21.9 Å². The molecule has 0 aliphatic heterocycles. The van der Waals surface area contributed by atoms with Crippen molar-refractivity contribution in [1.29, 1.82) is 0 Å². The van der Waals surface area contributed by atoms with Crippen molar-refractivity contribution in [2.75, 3.05) is 0 Å². The molecule has 126 valence electrons. The number of rotatable bonds is 6. The van der Waals surface area contributed by atoms with E-state index in [1.165, 1.54) is 12.1 Å². The first-order valence-electron chi connectivity index (χ1n) is 6.53. The van der Waals surface area contributed by atoms with Crippen LogP contribution in [0, 0.1) is 5.41 Å². The van der Waals surface area contributed by atoms with Gasteiger partial charge in [-0.1, -0.05) is 18.6 Å². The molecule has 0 unspecified atom stereocenters. The van der Waals surface area contributed by atoms with Crippen LogP contribution in [0.4, 0.5) is 8.78 Å². The van der Waals surface area contributed by atoms with Crippen LogP contribution in [0.1, 0.15) is 19.3 Å². The predicted octanol–water partition coefficient (Wildman–Crippen LogP) is 1.35. The molecule has 1 aliphatic rings. The topological polar surface area (TPSA) is 110 Å². The number of benzene rings is 1. The Balaban J connectivity index is 2.29. The minimum Gasteiger partial charge on any atom is -0.480 e. The molecule has 0 aromatic heterocycles. The summed E-state index contributed by atoms with van der Waals surface area (Å²) in [7, 11) is -4.55. The number of sulfonamides is 1. The zero-order valence-corrected chi connectivity index (χ0v) is 12.5. The third kappa shape index (κ3) is 3.26. The van der Waals surface area contributed by atoms with E-state index < -0.39 is 44.6 Å². The molecule has 2 N–H and O–H groups in total. The zero-order chi connectivity index (χ0) is 17.3. The molecule has 0 atom stereocenters. The van der Waals surface area contributed by atoms with E-state index in [0.717, 1.165) is 12.1 Å². The summed E-state index contributed by atoms with van der Waals surface area (Å²) < 4.78 is 54.8.